The van der Waals surface area contributed by atoms with E-state index >= 15 is 0 Å². The molecule has 0 bridgehead atoms. The molecule has 1 aliphatic heterocycles. The summed E-state index contributed by atoms with van der Waals surface area (Å²) >= 11 is 0. The van der Waals surface area contributed by atoms with E-state index in [0.29, 0.717) is 12.4 Å². The molecule has 1 atom stereocenters. The lowest BCUT2D eigenvalue weighted by Crippen LogP contribution is -2.37. The molecule has 1 aliphatic rings. The number of aliphatic hydroxyl groups is 1. The van der Waals surface area contributed by atoms with E-state index in [2.05, 4.69) is 11.0 Å². The summed E-state index contributed by atoms with van der Waals surface area (Å²) in [7, 11) is 1.68. The highest BCUT2D eigenvalue weighted by atomic mass is 16.5. The second-order valence-corrected chi connectivity index (χ2v) is 6.69. The summed E-state index contributed by atoms with van der Waals surface area (Å²) in [4.78, 5) is 6.97. The summed E-state index contributed by atoms with van der Waals surface area (Å²) in [6, 6.07) is 4.08. The van der Waals surface area contributed by atoms with Gasteiger partial charge in [0.1, 0.15) is 11.5 Å². The molecule has 0 unspecified atom stereocenters. The van der Waals surface area contributed by atoms with Crippen LogP contribution >= 0.6 is 0 Å². The zero-order valence-corrected chi connectivity index (χ0v) is 14.9. The van der Waals surface area contributed by atoms with Crippen LogP contribution in [-0.2, 0) is 6.54 Å². The van der Waals surface area contributed by atoms with Crippen molar-refractivity contribution >= 4 is 0 Å². The summed E-state index contributed by atoms with van der Waals surface area (Å²) in [6.07, 6.45) is 1.70. The lowest BCUT2D eigenvalue weighted by molar-refractivity contribution is 0.0660. The fraction of sp³-hybridized carbons (Fsp3) is 0.526. The van der Waals surface area contributed by atoms with Gasteiger partial charge in [-0.1, -0.05) is 0 Å². The predicted molar refractivity (Wildman–Crippen MR) is 93.2 cm³/mol. The van der Waals surface area contributed by atoms with Gasteiger partial charge in [-0.2, -0.15) is 0 Å². The molecule has 0 saturated carbocycles. The van der Waals surface area contributed by atoms with Gasteiger partial charge in [0.25, 0.3) is 0 Å². The summed E-state index contributed by atoms with van der Waals surface area (Å²) in [5, 5.41) is 9.83. The number of aryl methyl sites for hydroxylation is 3. The van der Waals surface area contributed by atoms with Gasteiger partial charge in [0.15, 0.2) is 0 Å². The number of methoxy groups -OCH3 is 1. The Labute approximate surface area is 143 Å². The topological polar surface area (TPSA) is 58.7 Å². The Kier molecular flexibility index (Phi) is 4.92. The first-order valence-corrected chi connectivity index (χ1v) is 8.50. The molecule has 1 N–H and O–H groups in total. The maximum absolute atomic E-state index is 9.83. The number of benzene rings is 1. The van der Waals surface area contributed by atoms with E-state index in [9.17, 15) is 5.11 Å². The van der Waals surface area contributed by atoms with Crippen LogP contribution in [0.2, 0.25) is 0 Å². The number of likely N-dealkylation sites (tertiary alicyclic amines) is 1. The first kappa shape index (κ1) is 17.0. The van der Waals surface area contributed by atoms with Crippen molar-refractivity contribution in [1.82, 2.24) is 9.88 Å². The molecule has 5 nitrogen and oxygen atoms in total. The third kappa shape index (κ3) is 3.47. The molecule has 1 aromatic carbocycles. The van der Waals surface area contributed by atoms with Crippen LogP contribution in [0.4, 0.5) is 0 Å². The molecule has 1 saturated heterocycles. The molecule has 0 aliphatic carbocycles. The minimum absolute atomic E-state index is 0.225. The van der Waals surface area contributed by atoms with Gasteiger partial charge in [0, 0.05) is 18.7 Å². The summed E-state index contributed by atoms with van der Waals surface area (Å²) < 4.78 is 11.3. The first-order chi connectivity index (χ1) is 11.5. The van der Waals surface area contributed by atoms with Crippen molar-refractivity contribution < 1.29 is 14.3 Å². The number of ether oxygens (including phenoxy) is 1. The van der Waals surface area contributed by atoms with Crippen LogP contribution in [0.15, 0.2) is 16.5 Å². The molecule has 2 aromatic rings. The second kappa shape index (κ2) is 6.95. The van der Waals surface area contributed by atoms with Gasteiger partial charge in [0.05, 0.1) is 18.9 Å². The molecule has 3 rings (SSSR count). The number of hydrogen-bond donors (Lipinski definition) is 1. The molecule has 130 valence electrons. The Bertz CT molecular complexity index is 724. The molecule has 24 heavy (non-hydrogen) atoms. The molecule has 5 heteroatoms. The van der Waals surface area contributed by atoms with Gasteiger partial charge in [0.2, 0.25) is 5.89 Å². The third-order valence-electron chi connectivity index (χ3n) is 4.72. The van der Waals surface area contributed by atoms with Gasteiger partial charge >= 0.3 is 0 Å². The highest BCUT2D eigenvalue weighted by molar-refractivity contribution is 5.62. The van der Waals surface area contributed by atoms with Crippen molar-refractivity contribution in [3.05, 3.63) is 34.7 Å². The summed E-state index contributed by atoms with van der Waals surface area (Å²) in [5.74, 6) is 2.38. The molecular weight excluding hydrogens is 304 g/mol. The zero-order chi connectivity index (χ0) is 17.3. The SMILES string of the molecule is COc1cc(C)c(-c2nc(CN3CCC[C@@H](O)C3)c(C)o2)cc1C. The standard InChI is InChI=1S/C19H26N2O3/c1-12-9-18(23-4)13(2)8-16(12)19-20-17(14(3)24-19)11-21-7-5-6-15(22)10-21/h8-9,15,22H,5-7,10-11H2,1-4H3/t15-/m1/s1. The quantitative estimate of drug-likeness (QED) is 0.932. The number of aliphatic hydroxyl groups excluding tert-OH is 1. The highest BCUT2D eigenvalue weighted by Crippen LogP contribution is 2.31. The van der Waals surface area contributed by atoms with E-state index in [1.807, 2.05) is 26.8 Å². The maximum Gasteiger partial charge on any atom is 0.226 e. The van der Waals surface area contributed by atoms with Gasteiger partial charge in [-0.05, 0) is 63.4 Å². The van der Waals surface area contributed by atoms with E-state index in [-0.39, 0.29) is 6.10 Å². The molecule has 0 amide bonds. The van der Waals surface area contributed by atoms with Crippen LogP contribution in [0, 0.1) is 20.8 Å². The van der Waals surface area contributed by atoms with Crippen molar-refractivity contribution in [1.29, 1.82) is 0 Å². The molecule has 0 spiro atoms. The molecular formula is C19H26N2O3. The number of piperidine rings is 1. The lowest BCUT2D eigenvalue weighted by atomic mass is 10.0. The average Bonchev–Trinajstić information content (AvgIpc) is 2.90. The number of hydrogen-bond acceptors (Lipinski definition) is 5. The van der Waals surface area contributed by atoms with Gasteiger partial charge < -0.3 is 14.3 Å². The Morgan fingerprint density at radius 3 is 2.79 bits per heavy atom. The second-order valence-electron chi connectivity index (χ2n) is 6.69. The van der Waals surface area contributed by atoms with Gasteiger partial charge in [-0.15, -0.1) is 0 Å². The fourth-order valence-electron chi connectivity index (χ4n) is 3.32. The molecule has 0 radical (unpaired) electrons. The molecule has 1 aromatic heterocycles. The van der Waals surface area contributed by atoms with Crippen LogP contribution in [0.3, 0.4) is 0 Å². The van der Waals surface area contributed by atoms with Crippen LogP contribution in [-0.4, -0.2) is 41.3 Å². The Hall–Kier alpha value is -1.85. The Morgan fingerprint density at radius 2 is 2.08 bits per heavy atom. The van der Waals surface area contributed by atoms with Gasteiger partial charge in [-0.25, -0.2) is 4.98 Å². The first-order valence-electron chi connectivity index (χ1n) is 8.50. The summed E-state index contributed by atoms with van der Waals surface area (Å²) in [5.41, 5.74) is 4.10. The van der Waals surface area contributed by atoms with Crippen molar-refractivity contribution in [2.45, 2.75) is 46.3 Å². The largest absolute Gasteiger partial charge is 0.496 e. The third-order valence-corrected chi connectivity index (χ3v) is 4.72. The summed E-state index contributed by atoms with van der Waals surface area (Å²) in [6.45, 7) is 8.45. The van der Waals surface area contributed by atoms with E-state index in [4.69, 9.17) is 14.1 Å². The van der Waals surface area contributed by atoms with E-state index in [1.54, 1.807) is 7.11 Å². The van der Waals surface area contributed by atoms with Crippen molar-refractivity contribution in [2.24, 2.45) is 0 Å². The monoisotopic (exact) mass is 330 g/mol. The zero-order valence-electron chi connectivity index (χ0n) is 14.9. The highest BCUT2D eigenvalue weighted by Gasteiger charge is 2.21. The predicted octanol–water partition coefficient (Wildman–Crippen LogP) is 3.23. The smallest absolute Gasteiger partial charge is 0.226 e. The average molecular weight is 330 g/mol. The van der Waals surface area contributed by atoms with E-state index < -0.39 is 0 Å². The number of aromatic nitrogens is 1. The van der Waals surface area contributed by atoms with Crippen LogP contribution in [0.25, 0.3) is 11.5 Å². The number of β-amino-alcohol motifs (C(OH)–C–C–N with tert-alkyl or cyclic N) is 1. The Morgan fingerprint density at radius 1 is 1.29 bits per heavy atom. The van der Waals surface area contributed by atoms with Crippen LogP contribution in [0.5, 0.6) is 5.75 Å². The van der Waals surface area contributed by atoms with Gasteiger partial charge in [-0.3, -0.25) is 4.90 Å². The molecule has 2 heterocycles. The fourth-order valence-corrected chi connectivity index (χ4v) is 3.32. The van der Waals surface area contributed by atoms with E-state index in [0.717, 1.165) is 59.8 Å². The van der Waals surface area contributed by atoms with Crippen molar-refractivity contribution in [3.63, 3.8) is 0 Å². The normalized spacial score (nSPS) is 18.8. The van der Waals surface area contributed by atoms with Crippen molar-refractivity contribution in [3.8, 4) is 17.2 Å². The minimum Gasteiger partial charge on any atom is -0.496 e. The van der Waals surface area contributed by atoms with E-state index in [1.165, 1.54) is 0 Å². The van der Waals surface area contributed by atoms with Crippen LogP contribution in [0.1, 0.15) is 35.4 Å². The Balaban J connectivity index is 1.85. The lowest BCUT2D eigenvalue weighted by Gasteiger charge is -2.29. The van der Waals surface area contributed by atoms with Crippen molar-refractivity contribution in [2.75, 3.05) is 20.2 Å². The number of oxazole rings is 1. The number of nitrogens with zero attached hydrogens (tertiary/aromatic N) is 2. The minimum atomic E-state index is -0.225. The van der Waals surface area contributed by atoms with Crippen LogP contribution < -0.4 is 4.74 Å². The molecule has 1 fully saturated rings. The maximum atomic E-state index is 9.83. The number of rotatable bonds is 4.